The molecule has 2 aromatic rings. The van der Waals surface area contributed by atoms with Crippen LogP contribution >= 0.6 is 0 Å². The largest absolute Gasteiger partial charge is 0.494 e. The molecule has 0 aliphatic heterocycles. The van der Waals surface area contributed by atoms with E-state index in [1.54, 1.807) is 24.3 Å². The zero-order valence-corrected chi connectivity index (χ0v) is 10.7. The van der Waals surface area contributed by atoms with Gasteiger partial charge >= 0.3 is 0 Å². The quantitative estimate of drug-likeness (QED) is 0.868. The summed E-state index contributed by atoms with van der Waals surface area (Å²) in [6.07, 6.45) is -1.26. The maximum atomic E-state index is 13.2. The zero-order valence-electron chi connectivity index (χ0n) is 10.7. The van der Waals surface area contributed by atoms with Crippen LogP contribution in [0.5, 0.6) is 5.75 Å². The van der Waals surface area contributed by atoms with Gasteiger partial charge in [-0.1, -0.05) is 12.1 Å². The summed E-state index contributed by atoms with van der Waals surface area (Å²) in [5.41, 5.74) is 0.344. The Kier molecular flexibility index (Phi) is 4.29. The molecule has 1 unspecified atom stereocenters. The molecule has 0 heterocycles. The molecule has 2 nitrogen and oxygen atoms in total. The van der Waals surface area contributed by atoms with E-state index >= 15 is 0 Å². The third-order valence-corrected chi connectivity index (χ3v) is 2.81. The first-order valence-electron chi connectivity index (χ1n) is 6.08. The number of rotatable bonds is 4. The van der Waals surface area contributed by atoms with Gasteiger partial charge in [-0.3, -0.25) is 0 Å². The molecule has 0 aromatic heterocycles. The van der Waals surface area contributed by atoms with E-state index in [0.29, 0.717) is 17.9 Å². The van der Waals surface area contributed by atoms with Crippen LogP contribution in [-0.4, -0.2) is 11.7 Å². The van der Waals surface area contributed by atoms with E-state index < -0.39 is 23.6 Å². The van der Waals surface area contributed by atoms with Crippen LogP contribution in [0.1, 0.15) is 24.2 Å². The van der Waals surface area contributed by atoms with Crippen molar-refractivity contribution < 1.29 is 23.0 Å². The van der Waals surface area contributed by atoms with Crippen molar-refractivity contribution in [3.63, 3.8) is 0 Å². The lowest BCUT2D eigenvalue weighted by molar-refractivity contribution is 0.218. The molecule has 0 radical (unpaired) electrons. The molecular formula is C15H13F3O2. The average Bonchev–Trinajstić information content (AvgIpc) is 2.44. The Morgan fingerprint density at radius 2 is 1.70 bits per heavy atom. The lowest BCUT2D eigenvalue weighted by atomic mass is 10.0. The Hall–Kier alpha value is -2.01. The SMILES string of the molecule is CCOc1cccc(C(O)c2cc(F)c(F)c(F)c2)c1. The Bertz CT molecular complexity index is 591. The highest BCUT2D eigenvalue weighted by Gasteiger charge is 2.17. The monoisotopic (exact) mass is 282 g/mol. The fourth-order valence-corrected chi connectivity index (χ4v) is 1.87. The molecule has 5 heteroatoms. The van der Waals surface area contributed by atoms with E-state index in [-0.39, 0.29) is 5.56 Å². The van der Waals surface area contributed by atoms with E-state index in [2.05, 4.69) is 0 Å². The number of benzene rings is 2. The molecule has 0 saturated heterocycles. The lowest BCUT2D eigenvalue weighted by Gasteiger charge is -2.13. The summed E-state index contributed by atoms with van der Waals surface area (Å²) < 4.78 is 44.5. The Labute approximate surface area is 114 Å². The molecule has 20 heavy (non-hydrogen) atoms. The molecule has 106 valence electrons. The van der Waals surface area contributed by atoms with Crippen LogP contribution in [0.2, 0.25) is 0 Å². The minimum atomic E-state index is -1.55. The summed E-state index contributed by atoms with van der Waals surface area (Å²) in [6, 6.07) is 8.05. The first kappa shape index (κ1) is 14.4. The summed E-state index contributed by atoms with van der Waals surface area (Å²) in [4.78, 5) is 0. The van der Waals surface area contributed by atoms with Gasteiger partial charge in [0.2, 0.25) is 0 Å². The van der Waals surface area contributed by atoms with Crippen molar-refractivity contribution in [3.05, 3.63) is 65.0 Å². The van der Waals surface area contributed by atoms with Gasteiger partial charge in [-0.05, 0) is 42.3 Å². The van der Waals surface area contributed by atoms with Gasteiger partial charge in [0.1, 0.15) is 11.9 Å². The predicted octanol–water partition coefficient (Wildman–Crippen LogP) is 3.58. The number of aliphatic hydroxyl groups is 1. The molecule has 0 saturated carbocycles. The van der Waals surface area contributed by atoms with Crippen LogP contribution in [0.3, 0.4) is 0 Å². The second kappa shape index (κ2) is 5.96. The minimum absolute atomic E-state index is 0.0601. The van der Waals surface area contributed by atoms with Gasteiger partial charge in [0, 0.05) is 0 Å². The molecule has 0 aliphatic carbocycles. The third-order valence-electron chi connectivity index (χ3n) is 2.81. The van der Waals surface area contributed by atoms with Crippen LogP contribution in [0, 0.1) is 17.5 Å². The molecule has 0 amide bonds. The maximum Gasteiger partial charge on any atom is 0.194 e. The van der Waals surface area contributed by atoms with Gasteiger partial charge in [-0.25, -0.2) is 13.2 Å². The normalized spacial score (nSPS) is 12.2. The van der Waals surface area contributed by atoms with E-state index in [1.165, 1.54) is 0 Å². The molecule has 2 aromatic carbocycles. The maximum absolute atomic E-state index is 13.2. The number of hydrogen-bond acceptors (Lipinski definition) is 2. The summed E-state index contributed by atoms with van der Waals surface area (Å²) in [5, 5.41) is 10.1. The summed E-state index contributed by atoms with van der Waals surface area (Å²) in [6.45, 7) is 2.27. The van der Waals surface area contributed by atoms with E-state index in [1.807, 2.05) is 6.92 Å². The highest BCUT2D eigenvalue weighted by Crippen LogP contribution is 2.27. The van der Waals surface area contributed by atoms with Gasteiger partial charge in [0.25, 0.3) is 0 Å². The average molecular weight is 282 g/mol. The zero-order chi connectivity index (χ0) is 14.7. The van der Waals surface area contributed by atoms with Crippen LogP contribution in [0.4, 0.5) is 13.2 Å². The van der Waals surface area contributed by atoms with Gasteiger partial charge in [-0.15, -0.1) is 0 Å². The van der Waals surface area contributed by atoms with Gasteiger partial charge in [0.15, 0.2) is 17.5 Å². The van der Waals surface area contributed by atoms with Gasteiger partial charge < -0.3 is 9.84 Å². The first-order valence-corrected chi connectivity index (χ1v) is 6.08. The van der Waals surface area contributed by atoms with Crippen molar-refractivity contribution in [3.8, 4) is 5.75 Å². The van der Waals surface area contributed by atoms with Crippen molar-refractivity contribution >= 4 is 0 Å². The third kappa shape index (κ3) is 2.93. The highest BCUT2D eigenvalue weighted by molar-refractivity contribution is 5.35. The van der Waals surface area contributed by atoms with Crippen molar-refractivity contribution in [2.45, 2.75) is 13.0 Å². The standard InChI is InChI=1S/C15H13F3O2/c1-2-20-11-5-3-4-9(6-11)15(19)10-7-12(16)14(18)13(17)8-10/h3-8,15,19H,2H2,1H3. The Balaban J connectivity index is 2.35. The fraction of sp³-hybridized carbons (Fsp3) is 0.200. The highest BCUT2D eigenvalue weighted by atomic mass is 19.2. The molecule has 0 aliphatic rings. The van der Waals surface area contributed by atoms with Gasteiger partial charge in [0.05, 0.1) is 6.61 Å². The summed E-state index contributed by atoms with van der Waals surface area (Å²) in [7, 11) is 0. The minimum Gasteiger partial charge on any atom is -0.494 e. The van der Waals surface area contributed by atoms with Crippen molar-refractivity contribution in [2.75, 3.05) is 6.61 Å². The van der Waals surface area contributed by atoms with E-state index in [4.69, 9.17) is 4.74 Å². The molecule has 0 bridgehead atoms. The lowest BCUT2D eigenvalue weighted by Crippen LogP contribution is -2.03. The van der Waals surface area contributed by atoms with Crippen LogP contribution < -0.4 is 4.74 Å². The number of hydrogen-bond donors (Lipinski definition) is 1. The molecule has 0 fully saturated rings. The Morgan fingerprint density at radius 3 is 2.30 bits per heavy atom. The topological polar surface area (TPSA) is 29.5 Å². The first-order chi connectivity index (χ1) is 9.52. The van der Waals surface area contributed by atoms with Crippen molar-refractivity contribution in [1.82, 2.24) is 0 Å². The van der Waals surface area contributed by atoms with Crippen LogP contribution in [-0.2, 0) is 0 Å². The van der Waals surface area contributed by atoms with Crippen molar-refractivity contribution in [2.24, 2.45) is 0 Å². The molecular weight excluding hydrogens is 269 g/mol. The Morgan fingerprint density at radius 1 is 1.05 bits per heavy atom. The van der Waals surface area contributed by atoms with Crippen LogP contribution in [0.25, 0.3) is 0 Å². The second-order valence-electron chi connectivity index (χ2n) is 4.21. The number of halogens is 3. The van der Waals surface area contributed by atoms with E-state index in [9.17, 15) is 18.3 Å². The molecule has 2 rings (SSSR count). The predicted molar refractivity (Wildman–Crippen MR) is 68.0 cm³/mol. The molecule has 1 atom stereocenters. The van der Waals surface area contributed by atoms with Crippen molar-refractivity contribution in [1.29, 1.82) is 0 Å². The fourth-order valence-electron chi connectivity index (χ4n) is 1.87. The van der Waals surface area contributed by atoms with E-state index in [0.717, 1.165) is 12.1 Å². The van der Waals surface area contributed by atoms with Gasteiger partial charge in [-0.2, -0.15) is 0 Å². The second-order valence-corrected chi connectivity index (χ2v) is 4.21. The molecule has 1 N–H and O–H groups in total. The number of ether oxygens (including phenoxy) is 1. The van der Waals surface area contributed by atoms with Crippen LogP contribution in [0.15, 0.2) is 36.4 Å². The summed E-state index contributed by atoms with van der Waals surface area (Å²) >= 11 is 0. The number of aliphatic hydroxyl groups excluding tert-OH is 1. The molecule has 0 spiro atoms. The smallest absolute Gasteiger partial charge is 0.194 e. The summed E-state index contributed by atoms with van der Waals surface area (Å²) in [5.74, 6) is -3.68.